The summed E-state index contributed by atoms with van der Waals surface area (Å²) < 4.78 is 0. The fourth-order valence-corrected chi connectivity index (χ4v) is 1.99. The van der Waals surface area contributed by atoms with Crippen LogP contribution in [0.5, 0.6) is 5.75 Å². The number of fused-ring (bicyclic) bond motifs is 1. The smallest absolute Gasteiger partial charge is 0.149 e. The fourth-order valence-electron chi connectivity index (χ4n) is 1.72. The number of benzene rings is 1. The number of pyridine rings is 1. The van der Waals surface area contributed by atoms with E-state index >= 15 is 0 Å². The number of azide groups is 1. The molecule has 1 aromatic carbocycles. The van der Waals surface area contributed by atoms with Gasteiger partial charge in [-0.2, -0.15) is 0 Å². The Kier molecular flexibility index (Phi) is 4.23. The molecule has 0 spiro atoms. The molecule has 0 unspecified atom stereocenters. The summed E-state index contributed by atoms with van der Waals surface area (Å²) in [6.07, 6.45) is 5.76. The second-order valence-corrected chi connectivity index (χ2v) is 4.25. The van der Waals surface area contributed by atoms with Crippen molar-refractivity contribution in [3.05, 3.63) is 51.5 Å². The van der Waals surface area contributed by atoms with Crippen molar-refractivity contribution in [2.75, 3.05) is 6.54 Å². The third-order valence-electron chi connectivity index (χ3n) is 2.60. The second-order valence-electron chi connectivity index (χ2n) is 3.84. The first-order valence-electron chi connectivity index (χ1n) is 5.67. The monoisotopic (exact) mass is 274 g/mol. The van der Waals surface area contributed by atoms with Crippen molar-refractivity contribution in [2.45, 2.75) is 6.42 Å². The van der Waals surface area contributed by atoms with E-state index in [-0.39, 0.29) is 5.75 Å². The summed E-state index contributed by atoms with van der Waals surface area (Å²) in [5.74, 6) is 0.0973. The summed E-state index contributed by atoms with van der Waals surface area (Å²) in [6, 6.07) is 5.26. The maximum atomic E-state index is 10.1. The zero-order valence-electron chi connectivity index (χ0n) is 9.99. The summed E-state index contributed by atoms with van der Waals surface area (Å²) in [4.78, 5) is 6.79. The van der Waals surface area contributed by atoms with Crippen LogP contribution in [0.1, 0.15) is 12.0 Å². The first kappa shape index (κ1) is 13.2. The van der Waals surface area contributed by atoms with Crippen LogP contribution in [0.2, 0.25) is 5.02 Å². The highest BCUT2D eigenvalue weighted by Crippen LogP contribution is 2.33. The van der Waals surface area contributed by atoms with E-state index in [0.717, 1.165) is 0 Å². The minimum Gasteiger partial charge on any atom is -0.505 e. The van der Waals surface area contributed by atoms with Crippen LogP contribution in [-0.2, 0) is 0 Å². The maximum Gasteiger partial charge on any atom is 0.149 e. The van der Waals surface area contributed by atoms with Gasteiger partial charge < -0.3 is 5.11 Å². The van der Waals surface area contributed by atoms with Crippen molar-refractivity contribution >= 4 is 28.6 Å². The standard InChI is InChI=1S/C13H11ClN4O/c14-11-8-9(4-1-2-7-17-18-15)13(19)12-10(11)5-3-6-16-12/h1,3-6,8,19H,2,7H2. The molecular formula is C13H11ClN4O. The molecule has 0 bridgehead atoms. The molecule has 0 fully saturated rings. The molecular weight excluding hydrogens is 264 g/mol. The Morgan fingerprint density at radius 3 is 3.16 bits per heavy atom. The molecule has 0 aliphatic heterocycles. The van der Waals surface area contributed by atoms with Gasteiger partial charge in [-0.15, -0.1) is 0 Å². The van der Waals surface area contributed by atoms with Gasteiger partial charge in [0.15, 0.2) is 0 Å². The van der Waals surface area contributed by atoms with Gasteiger partial charge in [-0.05, 0) is 30.2 Å². The van der Waals surface area contributed by atoms with Crippen molar-refractivity contribution < 1.29 is 5.11 Å². The molecule has 0 radical (unpaired) electrons. The summed E-state index contributed by atoms with van der Waals surface area (Å²) in [5.41, 5.74) is 9.22. The van der Waals surface area contributed by atoms with Crippen molar-refractivity contribution in [1.29, 1.82) is 0 Å². The molecule has 19 heavy (non-hydrogen) atoms. The van der Waals surface area contributed by atoms with E-state index in [2.05, 4.69) is 15.0 Å². The first-order chi connectivity index (χ1) is 9.24. The number of aromatic nitrogens is 1. The van der Waals surface area contributed by atoms with Crippen LogP contribution >= 0.6 is 11.6 Å². The Balaban J connectivity index is 2.34. The Hall–Kier alpha value is -2.23. The number of halogens is 1. The van der Waals surface area contributed by atoms with Gasteiger partial charge in [0, 0.05) is 28.6 Å². The lowest BCUT2D eigenvalue weighted by Gasteiger charge is -2.05. The highest BCUT2D eigenvalue weighted by molar-refractivity contribution is 6.35. The van der Waals surface area contributed by atoms with Crippen molar-refractivity contribution in [2.24, 2.45) is 5.11 Å². The van der Waals surface area contributed by atoms with Crippen LogP contribution in [0.4, 0.5) is 0 Å². The van der Waals surface area contributed by atoms with Gasteiger partial charge in [-0.3, -0.25) is 4.98 Å². The van der Waals surface area contributed by atoms with Gasteiger partial charge >= 0.3 is 0 Å². The zero-order chi connectivity index (χ0) is 13.7. The Morgan fingerprint density at radius 1 is 1.53 bits per heavy atom. The molecule has 0 saturated carbocycles. The van der Waals surface area contributed by atoms with Crippen LogP contribution in [0.25, 0.3) is 27.4 Å². The average molecular weight is 275 g/mol. The van der Waals surface area contributed by atoms with Crippen molar-refractivity contribution in [3.8, 4) is 5.75 Å². The molecule has 1 aromatic heterocycles. The van der Waals surface area contributed by atoms with E-state index in [4.69, 9.17) is 17.1 Å². The summed E-state index contributed by atoms with van der Waals surface area (Å²) in [5, 5.41) is 14.8. The van der Waals surface area contributed by atoms with Gasteiger partial charge in [0.2, 0.25) is 0 Å². The lowest BCUT2D eigenvalue weighted by Crippen LogP contribution is -1.84. The zero-order valence-corrected chi connectivity index (χ0v) is 10.7. The van der Waals surface area contributed by atoms with E-state index in [0.29, 0.717) is 34.5 Å². The summed E-state index contributed by atoms with van der Waals surface area (Å²) in [7, 11) is 0. The molecule has 0 aliphatic rings. The third kappa shape index (κ3) is 2.96. The number of phenols is 1. The molecule has 0 aliphatic carbocycles. The predicted molar refractivity (Wildman–Crippen MR) is 76.1 cm³/mol. The molecule has 2 rings (SSSR count). The third-order valence-corrected chi connectivity index (χ3v) is 2.91. The quantitative estimate of drug-likeness (QED) is 0.390. The van der Waals surface area contributed by atoms with E-state index in [9.17, 15) is 5.11 Å². The normalized spacial score (nSPS) is 10.8. The average Bonchev–Trinajstić information content (AvgIpc) is 2.44. The van der Waals surface area contributed by atoms with E-state index in [1.165, 1.54) is 0 Å². The maximum absolute atomic E-state index is 10.1. The first-order valence-corrected chi connectivity index (χ1v) is 6.05. The van der Waals surface area contributed by atoms with Crippen LogP contribution in [-0.4, -0.2) is 16.6 Å². The number of rotatable bonds is 4. The van der Waals surface area contributed by atoms with Crippen LogP contribution < -0.4 is 0 Å². The second kappa shape index (κ2) is 6.09. The highest BCUT2D eigenvalue weighted by Gasteiger charge is 2.08. The van der Waals surface area contributed by atoms with Crippen molar-refractivity contribution in [1.82, 2.24) is 4.98 Å². The number of hydrogen-bond acceptors (Lipinski definition) is 3. The molecule has 0 amide bonds. The van der Waals surface area contributed by atoms with Crippen LogP contribution in [0, 0.1) is 0 Å². The summed E-state index contributed by atoms with van der Waals surface area (Å²) >= 11 is 6.15. The van der Waals surface area contributed by atoms with Crippen LogP contribution in [0.15, 0.2) is 35.6 Å². The number of aromatic hydroxyl groups is 1. The van der Waals surface area contributed by atoms with Gasteiger partial charge in [0.05, 0.1) is 5.02 Å². The van der Waals surface area contributed by atoms with Crippen LogP contribution in [0.3, 0.4) is 0 Å². The topological polar surface area (TPSA) is 81.9 Å². The van der Waals surface area contributed by atoms with E-state index in [1.54, 1.807) is 30.5 Å². The largest absolute Gasteiger partial charge is 0.505 e. The lowest BCUT2D eigenvalue weighted by atomic mass is 10.1. The molecule has 5 nitrogen and oxygen atoms in total. The fraction of sp³-hybridized carbons (Fsp3) is 0.154. The minimum absolute atomic E-state index is 0.0973. The number of phenolic OH excluding ortho intramolecular Hbond substituents is 1. The number of nitrogens with zero attached hydrogens (tertiary/aromatic N) is 4. The SMILES string of the molecule is [N-]=[N+]=NCCC=Cc1cc(Cl)c2cccnc2c1O. The van der Waals surface area contributed by atoms with E-state index < -0.39 is 0 Å². The Morgan fingerprint density at radius 2 is 2.37 bits per heavy atom. The molecule has 96 valence electrons. The lowest BCUT2D eigenvalue weighted by molar-refractivity contribution is 0.479. The minimum atomic E-state index is 0.0973. The molecule has 0 saturated heterocycles. The Bertz CT molecular complexity index is 678. The molecule has 6 heteroatoms. The molecule has 1 N–H and O–H groups in total. The van der Waals surface area contributed by atoms with Gasteiger partial charge in [0.1, 0.15) is 11.3 Å². The predicted octanol–water partition coefficient (Wildman–Crippen LogP) is 4.31. The number of hydrogen-bond donors (Lipinski definition) is 1. The van der Waals surface area contributed by atoms with Gasteiger partial charge in [0.25, 0.3) is 0 Å². The van der Waals surface area contributed by atoms with Gasteiger partial charge in [-0.25, -0.2) is 0 Å². The van der Waals surface area contributed by atoms with Gasteiger partial charge in [-0.1, -0.05) is 28.9 Å². The summed E-state index contributed by atoms with van der Waals surface area (Å²) in [6.45, 7) is 0.382. The molecule has 1 heterocycles. The highest BCUT2D eigenvalue weighted by atomic mass is 35.5. The molecule has 0 atom stereocenters. The molecule has 2 aromatic rings. The Labute approximate surface area is 114 Å². The van der Waals surface area contributed by atoms with E-state index in [1.807, 2.05) is 6.08 Å². The van der Waals surface area contributed by atoms with Crippen molar-refractivity contribution in [3.63, 3.8) is 0 Å².